The maximum Gasteiger partial charge on any atom is 0.224 e. The lowest BCUT2D eigenvalue weighted by Crippen LogP contribution is -2.19. The first-order chi connectivity index (χ1) is 8.20. The lowest BCUT2D eigenvalue weighted by Gasteiger charge is -2.19. The summed E-state index contributed by atoms with van der Waals surface area (Å²) in [6, 6.07) is 3.89. The predicted molar refractivity (Wildman–Crippen MR) is 74.7 cm³/mol. The Morgan fingerprint density at radius 3 is 3.06 bits per heavy atom. The second kappa shape index (κ2) is 5.31. The van der Waals surface area contributed by atoms with Crippen LogP contribution >= 0.6 is 11.8 Å². The van der Waals surface area contributed by atoms with Crippen LogP contribution < -0.4 is 16.4 Å². The molecule has 0 radical (unpaired) electrons. The van der Waals surface area contributed by atoms with E-state index in [9.17, 15) is 4.79 Å². The Labute approximate surface area is 105 Å². The Kier molecular flexibility index (Phi) is 3.78. The summed E-state index contributed by atoms with van der Waals surface area (Å²) < 4.78 is 0. The minimum atomic E-state index is 0.0809. The van der Waals surface area contributed by atoms with Crippen LogP contribution in [-0.2, 0) is 11.2 Å². The summed E-state index contributed by atoms with van der Waals surface area (Å²) in [7, 11) is 0. The number of fused-ring (bicyclic) bond motifs is 1. The largest absolute Gasteiger partial charge is 0.397 e. The number of carbonyl (C=O) groups excluding carboxylic acids is 1. The van der Waals surface area contributed by atoms with Crippen molar-refractivity contribution >= 4 is 34.7 Å². The van der Waals surface area contributed by atoms with Gasteiger partial charge in [0.2, 0.25) is 5.91 Å². The van der Waals surface area contributed by atoms with Gasteiger partial charge in [-0.2, -0.15) is 11.8 Å². The van der Waals surface area contributed by atoms with E-state index in [0.29, 0.717) is 6.42 Å². The van der Waals surface area contributed by atoms with E-state index in [2.05, 4.69) is 16.9 Å². The molecule has 0 bridgehead atoms. The molecular weight excluding hydrogens is 234 g/mol. The number of aryl methyl sites for hydroxylation is 1. The van der Waals surface area contributed by atoms with Gasteiger partial charge in [0, 0.05) is 24.4 Å². The fourth-order valence-electron chi connectivity index (χ4n) is 1.89. The van der Waals surface area contributed by atoms with Gasteiger partial charge in [-0.3, -0.25) is 4.79 Å². The van der Waals surface area contributed by atoms with E-state index in [1.54, 1.807) is 11.8 Å². The molecule has 1 aliphatic rings. The lowest BCUT2D eigenvalue weighted by atomic mass is 10.0. The molecule has 1 amide bonds. The number of rotatable bonds is 4. The molecule has 0 saturated carbocycles. The first kappa shape index (κ1) is 12.1. The van der Waals surface area contributed by atoms with Crippen molar-refractivity contribution in [2.45, 2.75) is 12.8 Å². The van der Waals surface area contributed by atoms with E-state index in [4.69, 9.17) is 5.73 Å². The van der Waals surface area contributed by atoms with Crippen molar-refractivity contribution in [3.8, 4) is 0 Å². The molecule has 0 aromatic heterocycles. The fraction of sp³-hybridized carbons (Fsp3) is 0.417. The first-order valence-electron chi connectivity index (χ1n) is 5.66. The predicted octanol–water partition coefficient (Wildman–Crippen LogP) is 1.93. The van der Waals surface area contributed by atoms with E-state index in [0.717, 1.165) is 41.3 Å². The minimum Gasteiger partial charge on any atom is -0.397 e. The maximum atomic E-state index is 11.3. The van der Waals surface area contributed by atoms with Gasteiger partial charge in [-0.1, -0.05) is 0 Å². The van der Waals surface area contributed by atoms with Crippen LogP contribution in [0.2, 0.25) is 0 Å². The van der Waals surface area contributed by atoms with Crippen molar-refractivity contribution in [3.05, 3.63) is 17.7 Å². The molecule has 0 unspecified atom stereocenters. The van der Waals surface area contributed by atoms with Gasteiger partial charge < -0.3 is 16.4 Å². The Bertz CT molecular complexity index is 434. The molecule has 0 fully saturated rings. The molecule has 1 aromatic rings. The molecule has 0 saturated heterocycles. The molecule has 92 valence electrons. The Morgan fingerprint density at radius 2 is 2.29 bits per heavy atom. The van der Waals surface area contributed by atoms with Crippen molar-refractivity contribution in [2.75, 3.05) is 34.9 Å². The van der Waals surface area contributed by atoms with Crippen LogP contribution in [0.1, 0.15) is 12.0 Å². The van der Waals surface area contributed by atoms with E-state index < -0.39 is 0 Å². The van der Waals surface area contributed by atoms with Crippen LogP contribution in [0.25, 0.3) is 0 Å². The summed E-state index contributed by atoms with van der Waals surface area (Å²) in [5.41, 5.74) is 9.65. The molecule has 0 atom stereocenters. The first-order valence-corrected chi connectivity index (χ1v) is 7.05. The summed E-state index contributed by atoms with van der Waals surface area (Å²) in [4.78, 5) is 11.3. The van der Waals surface area contributed by atoms with Gasteiger partial charge in [0.15, 0.2) is 0 Å². The number of hydrogen-bond donors (Lipinski definition) is 3. The van der Waals surface area contributed by atoms with Gasteiger partial charge in [0.1, 0.15) is 0 Å². The molecule has 4 nitrogen and oxygen atoms in total. The maximum absolute atomic E-state index is 11.3. The zero-order valence-corrected chi connectivity index (χ0v) is 10.7. The van der Waals surface area contributed by atoms with Crippen molar-refractivity contribution in [1.82, 2.24) is 0 Å². The average molecular weight is 251 g/mol. The molecular formula is C12H17N3OS. The fourth-order valence-corrected chi connectivity index (χ4v) is 2.19. The van der Waals surface area contributed by atoms with Gasteiger partial charge >= 0.3 is 0 Å². The molecule has 1 aliphatic heterocycles. The van der Waals surface area contributed by atoms with E-state index >= 15 is 0 Å². The molecule has 0 spiro atoms. The van der Waals surface area contributed by atoms with E-state index in [1.807, 2.05) is 12.1 Å². The van der Waals surface area contributed by atoms with Crippen LogP contribution in [0.5, 0.6) is 0 Å². The molecule has 17 heavy (non-hydrogen) atoms. The zero-order valence-electron chi connectivity index (χ0n) is 9.88. The van der Waals surface area contributed by atoms with Crippen molar-refractivity contribution in [3.63, 3.8) is 0 Å². The van der Waals surface area contributed by atoms with Crippen LogP contribution in [0.15, 0.2) is 12.1 Å². The second-order valence-electron chi connectivity index (χ2n) is 4.06. The number of amides is 1. The number of nitrogens with two attached hydrogens (primary N) is 1. The number of thioether (sulfide) groups is 1. The summed E-state index contributed by atoms with van der Waals surface area (Å²) in [5, 5.41) is 6.16. The SMILES string of the molecule is CSCCNc1cc2c(cc1N)CCC(=O)N2. The Morgan fingerprint density at radius 1 is 1.47 bits per heavy atom. The minimum absolute atomic E-state index is 0.0809. The van der Waals surface area contributed by atoms with Gasteiger partial charge in [0.25, 0.3) is 0 Å². The molecule has 1 heterocycles. The van der Waals surface area contributed by atoms with Gasteiger partial charge in [0.05, 0.1) is 11.4 Å². The van der Waals surface area contributed by atoms with Gasteiger partial charge in [-0.05, 0) is 30.4 Å². The number of carbonyl (C=O) groups is 1. The average Bonchev–Trinajstić information content (AvgIpc) is 2.31. The summed E-state index contributed by atoms with van der Waals surface area (Å²) in [5.74, 6) is 1.11. The zero-order chi connectivity index (χ0) is 12.3. The Hall–Kier alpha value is -1.36. The van der Waals surface area contributed by atoms with Crippen molar-refractivity contribution < 1.29 is 4.79 Å². The van der Waals surface area contributed by atoms with E-state index in [-0.39, 0.29) is 5.91 Å². The summed E-state index contributed by atoms with van der Waals surface area (Å²) >= 11 is 1.78. The highest BCUT2D eigenvalue weighted by Crippen LogP contribution is 2.30. The number of nitrogen functional groups attached to an aromatic ring is 1. The topological polar surface area (TPSA) is 67.1 Å². The number of hydrogen-bond acceptors (Lipinski definition) is 4. The van der Waals surface area contributed by atoms with Crippen molar-refractivity contribution in [2.24, 2.45) is 0 Å². The van der Waals surface area contributed by atoms with Crippen LogP contribution in [-0.4, -0.2) is 24.5 Å². The third kappa shape index (κ3) is 2.85. The molecule has 1 aromatic carbocycles. The highest BCUT2D eigenvalue weighted by molar-refractivity contribution is 7.98. The highest BCUT2D eigenvalue weighted by atomic mass is 32.2. The molecule has 5 heteroatoms. The third-order valence-corrected chi connectivity index (χ3v) is 3.40. The number of nitrogens with one attached hydrogen (secondary N) is 2. The molecule has 2 rings (SSSR count). The number of benzene rings is 1. The third-order valence-electron chi connectivity index (χ3n) is 2.79. The quantitative estimate of drug-likeness (QED) is 0.565. The molecule has 4 N–H and O–H groups in total. The summed E-state index contributed by atoms with van der Waals surface area (Å²) in [6.45, 7) is 0.873. The van der Waals surface area contributed by atoms with Gasteiger partial charge in [-0.15, -0.1) is 0 Å². The van der Waals surface area contributed by atoms with Crippen LogP contribution in [0, 0.1) is 0 Å². The molecule has 0 aliphatic carbocycles. The lowest BCUT2D eigenvalue weighted by molar-refractivity contribution is -0.116. The van der Waals surface area contributed by atoms with Crippen LogP contribution in [0.3, 0.4) is 0 Å². The second-order valence-corrected chi connectivity index (χ2v) is 5.05. The van der Waals surface area contributed by atoms with Crippen LogP contribution in [0.4, 0.5) is 17.1 Å². The highest BCUT2D eigenvalue weighted by Gasteiger charge is 2.16. The van der Waals surface area contributed by atoms with Crippen molar-refractivity contribution in [1.29, 1.82) is 0 Å². The number of anilines is 3. The van der Waals surface area contributed by atoms with E-state index in [1.165, 1.54) is 0 Å². The Balaban J connectivity index is 2.17. The van der Waals surface area contributed by atoms with Gasteiger partial charge in [-0.25, -0.2) is 0 Å². The normalized spacial score (nSPS) is 14.1. The summed E-state index contributed by atoms with van der Waals surface area (Å²) in [6.07, 6.45) is 3.39. The smallest absolute Gasteiger partial charge is 0.224 e. The standard InChI is InChI=1S/C12H17N3OS/c1-17-5-4-14-11-7-10-8(6-9(11)13)2-3-12(16)15-10/h6-7,14H,2-5,13H2,1H3,(H,15,16). The monoisotopic (exact) mass is 251 g/mol.